The lowest BCUT2D eigenvalue weighted by Gasteiger charge is -2.14. The number of nitrogens with zero attached hydrogens (tertiary/aromatic N) is 2. The van der Waals surface area contributed by atoms with Gasteiger partial charge in [0.05, 0.1) is 11.8 Å². The Balaban J connectivity index is 1.62. The van der Waals surface area contributed by atoms with Crippen LogP contribution in [0.3, 0.4) is 0 Å². The molecule has 2 N–H and O–H groups in total. The topological polar surface area (TPSA) is 59.1 Å². The quantitative estimate of drug-likeness (QED) is 0.662. The minimum atomic E-state index is 0.257. The molecule has 1 aliphatic heterocycles. The van der Waals surface area contributed by atoms with Crippen LogP contribution in [0.5, 0.6) is 0 Å². The molecule has 138 valence electrons. The Morgan fingerprint density at radius 3 is 2.63 bits per heavy atom. The van der Waals surface area contributed by atoms with Crippen molar-refractivity contribution in [1.82, 2.24) is 9.97 Å². The van der Waals surface area contributed by atoms with Crippen molar-refractivity contribution in [3.8, 4) is 11.3 Å². The van der Waals surface area contributed by atoms with Crippen LogP contribution in [0.15, 0.2) is 60.7 Å². The molecule has 1 unspecified atom stereocenters. The molecular weight excluding hydrogens is 336 g/mol. The molecule has 0 radical (unpaired) electrons. The highest BCUT2D eigenvalue weighted by Crippen LogP contribution is 2.24. The second kappa shape index (κ2) is 8.18. The van der Waals surface area contributed by atoms with Crippen molar-refractivity contribution in [3.05, 3.63) is 66.2 Å². The molecule has 5 heteroatoms. The van der Waals surface area contributed by atoms with E-state index in [0.29, 0.717) is 5.95 Å². The number of ether oxygens (including phenoxy) is 1. The first kappa shape index (κ1) is 17.5. The van der Waals surface area contributed by atoms with Gasteiger partial charge in [-0.3, -0.25) is 0 Å². The van der Waals surface area contributed by atoms with Crippen molar-refractivity contribution in [1.29, 1.82) is 0 Å². The SMILES string of the molecule is Cc1ccccc1Nc1nc(NCC2CCCO2)cc(-c2ccccc2)n1. The Morgan fingerprint density at radius 2 is 1.85 bits per heavy atom. The summed E-state index contributed by atoms with van der Waals surface area (Å²) in [5.74, 6) is 1.39. The summed E-state index contributed by atoms with van der Waals surface area (Å²) in [6.45, 7) is 3.68. The highest BCUT2D eigenvalue weighted by Gasteiger charge is 2.16. The molecule has 0 amide bonds. The maximum Gasteiger partial charge on any atom is 0.229 e. The van der Waals surface area contributed by atoms with Gasteiger partial charge in [-0.2, -0.15) is 4.98 Å². The Bertz CT molecular complexity index is 892. The predicted molar refractivity (Wildman–Crippen MR) is 109 cm³/mol. The second-order valence-corrected chi connectivity index (χ2v) is 6.78. The highest BCUT2D eigenvalue weighted by molar-refractivity contribution is 5.67. The fourth-order valence-corrected chi connectivity index (χ4v) is 3.21. The molecule has 0 aliphatic carbocycles. The van der Waals surface area contributed by atoms with E-state index in [-0.39, 0.29) is 6.10 Å². The molecule has 0 saturated carbocycles. The van der Waals surface area contributed by atoms with Gasteiger partial charge in [-0.25, -0.2) is 4.98 Å². The molecule has 1 saturated heterocycles. The summed E-state index contributed by atoms with van der Waals surface area (Å²) in [4.78, 5) is 9.39. The van der Waals surface area contributed by atoms with Crippen LogP contribution in [0.2, 0.25) is 0 Å². The average molecular weight is 360 g/mol. The first-order valence-corrected chi connectivity index (χ1v) is 9.40. The lowest BCUT2D eigenvalue weighted by atomic mass is 10.1. The predicted octanol–water partition coefficient (Wildman–Crippen LogP) is 4.79. The van der Waals surface area contributed by atoms with Gasteiger partial charge in [0.1, 0.15) is 5.82 Å². The van der Waals surface area contributed by atoms with E-state index in [2.05, 4.69) is 40.7 Å². The fraction of sp³-hybridized carbons (Fsp3) is 0.273. The largest absolute Gasteiger partial charge is 0.376 e. The maximum atomic E-state index is 5.71. The Labute approximate surface area is 159 Å². The number of hydrogen-bond donors (Lipinski definition) is 2. The molecule has 0 bridgehead atoms. The Kier molecular flexibility index (Phi) is 5.30. The van der Waals surface area contributed by atoms with Crippen LogP contribution in [-0.4, -0.2) is 29.2 Å². The summed E-state index contributed by atoms with van der Waals surface area (Å²) in [5.41, 5.74) is 4.11. The van der Waals surface area contributed by atoms with Gasteiger partial charge in [0.15, 0.2) is 0 Å². The molecular formula is C22H24N4O. The number of anilines is 3. The highest BCUT2D eigenvalue weighted by atomic mass is 16.5. The first-order valence-electron chi connectivity index (χ1n) is 9.40. The van der Waals surface area contributed by atoms with E-state index in [1.807, 2.05) is 42.5 Å². The maximum absolute atomic E-state index is 5.71. The van der Waals surface area contributed by atoms with Gasteiger partial charge in [0.25, 0.3) is 0 Å². The van der Waals surface area contributed by atoms with E-state index < -0.39 is 0 Å². The molecule has 4 rings (SSSR count). The van der Waals surface area contributed by atoms with E-state index >= 15 is 0 Å². The van der Waals surface area contributed by atoms with Gasteiger partial charge in [-0.15, -0.1) is 0 Å². The van der Waals surface area contributed by atoms with Gasteiger partial charge < -0.3 is 15.4 Å². The van der Waals surface area contributed by atoms with E-state index in [1.54, 1.807) is 0 Å². The zero-order chi connectivity index (χ0) is 18.5. The van der Waals surface area contributed by atoms with Crippen LogP contribution in [-0.2, 0) is 4.74 Å². The third-order valence-corrected chi connectivity index (χ3v) is 4.72. The van der Waals surface area contributed by atoms with Crippen LogP contribution in [0.25, 0.3) is 11.3 Å². The summed E-state index contributed by atoms with van der Waals surface area (Å²) in [6.07, 6.45) is 2.48. The molecule has 1 fully saturated rings. The smallest absolute Gasteiger partial charge is 0.229 e. The second-order valence-electron chi connectivity index (χ2n) is 6.78. The molecule has 3 aromatic rings. The minimum Gasteiger partial charge on any atom is -0.376 e. The summed E-state index contributed by atoms with van der Waals surface area (Å²) in [6, 6.07) is 20.3. The van der Waals surface area contributed by atoms with Crippen LogP contribution < -0.4 is 10.6 Å². The molecule has 1 aliphatic rings. The van der Waals surface area contributed by atoms with Gasteiger partial charge in [0.2, 0.25) is 5.95 Å². The number of benzene rings is 2. The molecule has 2 heterocycles. The van der Waals surface area contributed by atoms with Gasteiger partial charge in [0, 0.05) is 30.5 Å². The normalized spacial score (nSPS) is 16.3. The molecule has 1 atom stereocenters. The number of rotatable bonds is 6. The number of hydrogen-bond acceptors (Lipinski definition) is 5. The Hall–Kier alpha value is -2.92. The summed E-state index contributed by atoms with van der Waals surface area (Å²) < 4.78 is 5.71. The standard InChI is InChI=1S/C22H24N4O/c1-16-8-5-6-12-19(16)24-22-25-20(17-9-3-2-4-10-17)14-21(26-22)23-15-18-11-7-13-27-18/h2-6,8-10,12,14,18H,7,11,13,15H2,1H3,(H2,23,24,25,26). The van der Waals surface area contributed by atoms with Crippen molar-refractivity contribution in [3.63, 3.8) is 0 Å². The molecule has 27 heavy (non-hydrogen) atoms. The summed E-state index contributed by atoms with van der Waals surface area (Å²) in [5, 5.41) is 6.78. The van der Waals surface area contributed by atoms with Crippen molar-refractivity contribution in [2.24, 2.45) is 0 Å². The first-order chi connectivity index (χ1) is 13.3. The zero-order valence-electron chi connectivity index (χ0n) is 15.5. The van der Waals surface area contributed by atoms with Crippen LogP contribution in [0.4, 0.5) is 17.5 Å². The number of aromatic nitrogens is 2. The van der Waals surface area contributed by atoms with Crippen molar-refractivity contribution in [2.45, 2.75) is 25.9 Å². The molecule has 0 spiro atoms. The molecule has 2 aromatic carbocycles. The Morgan fingerprint density at radius 1 is 1.04 bits per heavy atom. The molecule has 5 nitrogen and oxygen atoms in total. The number of aryl methyl sites for hydroxylation is 1. The van der Waals surface area contributed by atoms with Gasteiger partial charge in [-0.1, -0.05) is 48.5 Å². The third kappa shape index (κ3) is 4.44. The summed E-state index contributed by atoms with van der Waals surface area (Å²) >= 11 is 0. The lowest BCUT2D eigenvalue weighted by Crippen LogP contribution is -2.19. The summed E-state index contributed by atoms with van der Waals surface area (Å²) in [7, 11) is 0. The van der Waals surface area contributed by atoms with Gasteiger partial charge >= 0.3 is 0 Å². The number of para-hydroxylation sites is 1. The van der Waals surface area contributed by atoms with E-state index in [1.165, 1.54) is 0 Å². The van der Waals surface area contributed by atoms with Crippen molar-refractivity contribution < 1.29 is 4.74 Å². The van der Waals surface area contributed by atoms with E-state index in [9.17, 15) is 0 Å². The monoisotopic (exact) mass is 360 g/mol. The number of nitrogens with one attached hydrogen (secondary N) is 2. The fourth-order valence-electron chi connectivity index (χ4n) is 3.21. The van der Waals surface area contributed by atoms with Gasteiger partial charge in [-0.05, 0) is 31.4 Å². The van der Waals surface area contributed by atoms with Crippen LogP contribution in [0, 0.1) is 6.92 Å². The lowest BCUT2D eigenvalue weighted by molar-refractivity contribution is 0.120. The zero-order valence-corrected chi connectivity index (χ0v) is 15.5. The average Bonchev–Trinajstić information content (AvgIpc) is 3.22. The molecule has 1 aromatic heterocycles. The van der Waals surface area contributed by atoms with Crippen LogP contribution in [0.1, 0.15) is 18.4 Å². The van der Waals surface area contributed by atoms with E-state index in [4.69, 9.17) is 9.72 Å². The van der Waals surface area contributed by atoms with Crippen LogP contribution >= 0.6 is 0 Å². The van der Waals surface area contributed by atoms with Crippen molar-refractivity contribution >= 4 is 17.5 Å². The minimum absolute atomic E-state index is 0.257. The van der Waals surface area contributed by atoms with E-state index in [0.717, 1.165) is 54.3 Å². The third-order valence-electron chi connectivity index (χ3n) is 4.72. The van der Waals surface area contributed by atoms with Crippen molar-refractivity contribution in [2.75, 3.05) is 23.8 Å².